The van der Waals surface area contributed by atoms with Gasteiger partial charge in [0, 0.05) is 19.6 Å². The lowest BCUT2D eigenvalue weighted by Crippen LogP contribution is -2.39. The molecular formula is C20H22FN3O4. The monoisotopic (exact) mass is 387 g/mol. The van der Waals surface area contributed by atoms with E-state index in [2.05, 4.69) is 15.5 Å². The van der Waals surface area contributed by atoms with Crippen LogP contribution in [0.5, 0.6) is 0 Å². The number of nitrogens with one attached hydrogen (secondary N) is 2. The molecular weight excluding hydrogens is 365 g/mol. The highest BCUT2D eigenvalue weighted by atomic mass is 19.1. The summed E-state index contributed by atoms with van der Waals surface area (Å²) in [6, 6.07) is 12.7. The Morgan fingerprint density at radius 1 is 1.11 bits per heavy atom. The lowest BCUT2D eigenvalue weighted by atomic mass is 10.1. The van der Waals surface area contributed by atoms with Gasteiger partial charge in [-0.15, -0.1) is 0 Å². The van der Waals surface area contributed by atoms with Gasteiger partial charge in [0.15, 0.2) is 0 Å². The maximum absolute atomic E-state index is 13.2. The zero-order valence-electron chi connectivity index (χ0n) is 15.2. The van der Waals surface area contributed by atoms with Crippen LogP contribution < -0.4 is 15.5 Å². The molecule has 8 heteroatoms. The molecule has 28 heavy (non-hydrogen) atoms. The Balaban J connectivity index is 1.58. The molecule has 0 saturated carbocycles. The summed E-state index contributed by atoms with van der Waals surface area (Å²) in [5.41, 5.74) is 1.65. The van der Waals surface area contributed by atoms with Crippen LogP contribution in [-0.2, 0) is 14.3 Å². The molecule has 1 unspecified atom stereocenters. The summed E-state index contributed by atoms with van der Waals surface area (Å²) in [5, 5.41) is 15.0. The molecule has 1 aliphatic rings. The fraction of sp³-hybridized carbons (Fsp3) is 0.300. The van der Waals surface area contributed by atoms with Crippen molar-refractivity contribution < 1.29 is 23.8 Å². The molecule has 1 aliphatic heterocycles. The predicted molar refractivity (Wildman–Crippen MR) is 102 cm³/mol. The number of para-hydroxylation sites is 2. The number of aliphatic hydroxyl groups excluding tert-OH is 1. The summed E-state index contributed by atoms with van der Waals surface area (Å²) >= 11 is 0. The van der Waals surface area contributed by atoms with Crippen LogP contribution in [0.3, 0.4) is 0 Å². The van der Waals surface area contributed by atoms with E-state index in [0.717, 1.165) is 5.69 Å². The SMILES string of the molecule is O=C(NCC(O)c1cccc(F)c1)C(=O)Nc1ccccc1N1CCOCC1. The van der Waals surface area contributed by atoms with Crippen molar-refractivity contribution in [3.8, 4) is 0 Å². The number of ether oxygens (including phenoxy) is 1. The molecule has 2 aromatic rings. The molecule has 1 fully saturated rings. The van der Waals surface area contributed by atoms with Crippen LogP contribution in [0.4, 0.5) is 15.8 Å². The first-order chi connectivity index (χ1) is 13.5. The third-order valence-corrected chi connectivity index (χ3v) is 4.40. The van der Waals surface area contributed by atoms with Crippen LogP contribution in [0.15, 0.2) is 48.5 Å². The highest BCUT2D eigenvalue weighted by Crippen LogP contribution is 2.26. The molecule has 3 rings (SSSR count). The van der Waals surface area contributed by atoms with Crippen LogP contribution in [0.25, 0.3) is 0 Å². The van der Waals surface area contributed by atoms with E-state index in [1.807, 2.05) is 12.1 Å². The summed E-state index contributed by atoms with van der Waals surface area (Å²) in [7, 11) is 0. The number of carbonyl (C=O) groups excluding carboxylic acids is 2. The molecule has 0 spiro atoms. The summed E-state index contributed by atoms with van der Waals surface area (Å²) in [6.45, 7) is 2.38. The normalized spacial score (nSPS) is 15.0. The fourth-order valence-electron chi connectivity index (χ4n) is 2.94. The Labute approximate surface area is 162 Å². The number of halogens is 1. The standard InChI is InChI=1S/C20H22FN3O4/c21-15-5-3-4-14(12-15)18(25)13-22-19(26)20(27)23-16-6-1-2-7-17(16)24-8-10-28-11-9-24/h1-7,12,18,25H,8-11,13H2,(H,22,26)(H,23,27). The zero-order chi connectivity index (χ0) is 19.9. The van der Waals surface area contributed by atoms with Crippen LogP contribution in [0.2, 0.25) is 0 Å². The topological polar surface area (TPSA) is 90.9 Å². The van der Waals surface area contributed by atoms with Crippen molar-refractivity contribution >= 4 is 23.2 Å². The Morgan fingerprint density at radius 3 is 2.61 bits per heavy atom. The number of anilines is 2. The minimum atomic E-state index is -1.12. The van der Waals surface area contributed by atoms with Gasteiger partial charge in [-0.05, 0) is 29.8 Å². The second-order valence-corrected chi connectivity index (χ2v) is 6.35. The smallest absolute Gasteiger partial charge is 0.313 e. The van der Waals surface area contributed by atoms with Gasteiger partial charge in [0.2, 0.25) is 0 Å². The molecule has 2 amide bonds. The van der Waals surface area contributed by atoms with E-state index in [1.54, 1.807) is 18.2 Å². The molecule has 7 nitrogen and oxygen atoms in total. The minimum absolute atomic E-state index is 0.208. The zero-order valence-corrected chi connectivity index (χ0v) is 15.2. The van der Waals surface area contributed by atoms with E-state index >= 15 is 0 Å². The van der Waals surface area contributed by atoms with Gasteiger partial charge in [0.05, 0.1) is 30.7 Å². The summed E-state index contributed by atoms with van der Waals surface area (Å²) in [6.07, 6.45) is -1.12. The Kier molecular flexibility index (Phi) is 6.57. The number of hydrogen-bond donors (Lipinski definition) is 3. The average Bonchev–Trinajstić information content (AvgIpc) is 2.72. The Bertz CT molecular complexity index is 840. The van der Waals surface area contributed by atoms with Crippen molar-refractivity contribution in [1.82, 2.24) is 5.32 Å². The maximum atomic E-state index is 13.2. The van der Waals surface area contributed by atoms with Gasteiger partial charge >= 0.3 is 11.8 Å². The maximum Gasteiger partial charge on any atom is 0.313 e. The van der Waals surface area contributed by atoms with Crippen molar-refractivity contribution in [2.24, 2.45) is 0 Å². The van der Waals surface area contributed by atoms with Gasteiger partial charge in [-0.25, -0.2) is 4.39 Å². The molecule has 1 heterocycles. The fourth-order valence-corrected chi connectivity index (χ4v) is 2.94. The number of amides is 2. The molecule has 3 N–H and O–H groups in total. The first-order valence-electron chi connectivity index (χ1n) is 8.99. The number of benzene rings is 2. The van der Waals surface area contributed by atoms with E-state index in [4.69, 9.17) is 4.74 Å². The quantitative estimate of drug-likeness (QED) is 0.676. The molecule has 0 aromatic heterocycles. The molecule has 2 aromatic carbocycles. The van der Waals surface area contributed by atoms with Gasteiger partial charge < -0.3 is 25.4 Å². The second-order valence-electron chi connectivity index (χ2n) is 6.35. The van der Waals surface area contributed by atoms with E-state index in [0.29, 0.717) is 37.6 Å². The first kappa shape index (κ1) is 19.8. The van der Waals surface area contributed by atoms with E-state index in [9.17, 15) is 19.1 Å². The van der Waals surface area contributed by atoms with E-state index in [1.165, 1.54) is 18.2 Å². The van der Waals surface area contributed by atoms with Crippen LogP contribution in [0.1, 0.15) is 11.7 Å². The first-order valence-corrected chi connectivity index (χ1v) is 8.99. The van der Waals surface area contributed by atoms with Crippen molar-refractivity contribution in [1.29, 1.82) is 0 Å². The number of hydrogen-bond acceptors (Lipinski definition) is 5. The molecule has 148 valence electrons. The Morgan fingerprint density at radius 2 is 1.86 bits per heavy atom. The van der Waals surface area contributed by atoms with E-state index < -0.39 is 23.7 Å². The number of carbonyl (C=O) groups is 2. The lowest BCUT2D eigenvalue weighted by molar-refractivity contribution is -0.136. The molecule has 1 saturated heterocycles. The number of morpholine rings is 1. The molecule has 1 atom stereocenters. The summed E-state index contributed by atoms with van der Waals surface area (Å²) in [4.78, 5) is 26.4. The van der Waals surface area contributed by atoms with Crippen LogP contribution in [-0.4, -0.2) is 49.8 Å². The third kappa shape index (κ3) is 5.05. The van der Waals surface area contributed by atoms with E-state index in [-0.39, 0.29) is 6.54 Å². The average molecular weight is 387 g/mol. The largest absolute Gasteiger partial charge is 0.387 e. The minimum Gasteiger partial charge on any atom is -0.387 e. The molecule has 0 radical (unpaired) electrons. The highest BCUT2D eigenvalue weighted by Gasteiger charge is 2.20. The van der Waals surface area contributed by atoms with Crippen molar-refractivity contribution in [2.45, 2.75) is 6.10 Å². The predicted octanol–water partition coefficient (Wildman–Crippen LogP) is 1.45. The Hall–Kier alpha value is -2.97. The third-order valence-electron chi connectivity index (χ3n) is 4.40. The van der Waals surface area contributed by atoms with Crippen molar-refractivity contribution in [3.05, 3.63) is 59.9 Å². The molecule has 0 aliphatic carbocycles. The number of aliphatic hydroxyl groups is 1. The van der Waals surface area contributed by atoms with Gasteiger partial charge in [0.25, 0.3) is 0 Å². The summed E-state index contributed by atoms with van der Waals surface area (Å²) in [5.74, 6) is -2.21. The van der Waals surface area contributed by atoms with Crippen LogP contribution >= 0.6 is 0 Å². The molecule has 0 bridgehead atoms. The number of nitrogens with zero attached hydrogens (tertiary/aromatic N) is 1. The van der Waals surface area contributed by atoms with Gasteiger partial charge in [-0.3, -0.25) is 9.59 Å². The van der Waals surface area contributed by atoms with Gasteiger partial charge in [-0.1, -0.05) is 24.3 Å². The number of rotatable bonds is 5. The van der Waals surface area contributed by atoms with Crippen LogP contribution in [0, 0.1) is 5.82 Å². The van der Waals surface area contributed by atoms with Crippen molar-refractivity contribution in [2.75, 3.05) is 43.1 Å². The summed E-state index contributed by atoms with van der Waals surface area (Å²) < 4.78 is 18.6. The highest BCUT2D eigenvalue weighted by molar-refractivity contribution is 6.39. The van der Waals surface area contributed by atoms with Crippen molar-refractivity contribution in [3.63, 3.8) is 0 Å². The lowest BCUT2D eigenvalue weighted by Gasteiger charge is -2.30. The van der Waals surface area contributed by atoms with Gasteiger partial charge in [-0.2, -0.15) is 0 Å². The van der Waals surface area contributed by atoms with Gasteiger partial charge in [0.1, 0.15) is 5.82 Å². The second kappa shape index (κ2) is 9.29.